The first kappa shape index (κ1) is 26.1. The topological polar surface area (TPSA) is 98.3 Å². The molecule has 0 spiro atoms. The molecule has 41 heavy (non-hydrogen) atoms. The van der Waals surface area contributed by atoms with E-state index in [1.165, 1.54) is 6.07 Å². The Morgan fingerprint density at radius 3 is 2.68 bits per heavy atom. The molecule has 9 nitrogen and oxygen atoms in total. The Labute approximate surface area is 241 Å². The van der Waals surface area contributed by atoms with Crippen molar-refractivity contribution in [3.05, 3.63) is 75.9 Å². The molecular weight excluding hydrogens is 547 g/mol. The summed E-state index contributed by atoms with van der Waals surface area (Å²) in [6.07, 6.45) is 3.00. The number of nitrogens with zero attached hydrogens (tertiary/aromatic N) is 6. The van der Waals surface area contributed by atoms with Gasteiger partial charge in [-0.3, -0.25) is 4.90 Å². The lowest BCUT2D eigenvalue weighted by molar-refractivity contribution is -0.0712. The van der Waals surface area contributed by atoms with Crippen LogP contribution in [-0.2, 0) is 23.6 Å². The minimum absolute atomic E-state index is 0.142. The second-order valence-electron chi connectivity index (χ2n) is 11.0. The average molecular weight is 575 g/mol. The van der Waals surface area contributed by atoms with Crippen LogP contribution >= 0.6 is 11.6 Å². The minimum atomic E-state index is -1.27. The van der Waals surface area contributed by atoms with Crippen molar-refractivity contribution in [3.8, 4) is 17.6 Å². The van der Waals surface area contributed by atoms with E-state index in [0.29, 0.717) is 46.3 Å². The Kier molecular flexibility index (Phi) is 6.53. The third-order valence-corrected chi connectivity index (χ3v) is 8.52. The molecule has 7 rings (SSSR count). The van der Waals surface area contributed by atoms with E-state index in [1.54, 1.807) is 25.1 Å². The molecule has 0 saturated carbocycles. The number of hydrogen-bond acceptors (Lipinski definition) is 8. The van der Waals surface area contributed by atoms with E-state index in [-0.39, 0.29) is 17.7 Å². The van der Waals surface area contributed by atoms with Gasteiger partial charge in [0.05, 0.1) is 24.8 Å². The summed E-state index contributed by atoms with van der Waals surface area (Å²) in [4.78, 5) is 7.24. The summed E-state index contributed by atoms with van der Waals surface area (Å²) in [6.45, 7) is 5.58. The predicted molar refractivity (Wildman–Crippen MR) is 148 cm³/mol. The van der Waals surface area contributed by atoms with Crippen molar-refractivity contribution >= 4 is 22.8 Å². The Morgan fingerprint density at radius 1 is 1.12 bits per heavy atom. The molecule has 2 atom stereocenters. The largest absolute Gasteiger partial charge is 0.444 e. The number of ether oxygens (including phenoxy) is 3. The summed E-state index contributed by atoms with van der Waals surface area (Å²) >= 11 is 5.97. The maximum Gasteiger partial charge on any atom is 0.278 e. The molecule has 2 fully saturated rings. The first-order valence-corrected chi connectivity index (χ1v) is 14.2. The van der Waals surface area contributed by atoms with Crippen LogP contribution in [-0.4, -0.2) is 50.4 Å². The van der Waals surface area contributed by atoms with Crippen molar-refractivity contribution in [3.63, 3.8) is 0 Å². The van der Waals surface area contributed by atoms with E-state index in [0.717, 1.165) is 50.3 Å². The van der Waals surface area contributed by atoms with Crippen molar-refractivity contribution in [2.24, 2.45) is 0 Å². The van der Waals surface area contributed by atoms with Gasteiger partial charge in [0, 0.05) is 30.2 Å². The number of likely N-dealkylation sites (tertiary alicyclic amines) is 1. The molecule has 0 N–H and O–H groups in total. The number of imidazole rings is 1. The maximum atomic E-state index is 14.8. The van der Waals surface area contributed by atoms with Crippen LogP contribution in [0.5, 0.6) is 11.5 Å². The van der Waals surface area contributed by atoms with Gasteiger partial charge in [0.2, 0.25) is 0 Å². The molecule has 2 unspecified atom stereocenters. The second kappa shape index (κ2) is 10.2. The molecule has 2 aromatic heterocycles. The number of aromatic nitrogens is 4. The standard InChI is InChI=1S/C30H28ClFN6O3/c1-30(23-6-5-19(31)13-24(23)32)40-26-4-2-3-22(28(26)41-30)18-7-10-37(11-8-18)17-27-34-25-14-20(15-33)35-36-29(25)38(27)16-21-9-12-39-21/h2-6,13-14,18,21H,7-12,16-17H2,1H3. The average Bonchev–Trinajstić information content (AvgIpc) is 3.47. The van der Waals surface area contributed by atoms with Gasteiger partial charge in [-0.1, -0.05) is 23.7 Å². The number of halogens is 2. The summed E-state index contributed by atoms with van der Waals surface area (Å²) in [6, 6.07) is 14.2. The normalized spacial score (nSPS) is 22.5. The van der Waals surface area contributed by atoms with E-state index in [9.17, 15) is 9.65 Å². The number of fused-ring (bicyclic) bond motifs is 2. The van der Waals surface area contributed by atoms with Crippen LogP contribution in [0.25, 0.3) is 11.2 Å². The van der Waals surface area contributed by atoms with Gasteiger partial charge in [0.25, 0.3) is 5.79 Å². The molecule has 5 heterocycles. The van der Waals surface area contributed by atoms with Crippen LogP contribution in [0.2, 0.25) is 5.02 Å². The van der Waals surface area contributed by atoms with Crippen molar-refractivity contribution in [2.75, 3.05) is 19.7 Å². The summed E-state index contributed by atoms with van der Waals surface area (Å²) in [5, 5.41) is 17.9. The van der Waals surface area contributed by atoms with Crippen LogP contribution in [0.4, 0.5) is 4.39 Å². The summed E-state index contributed by atoms with van der Waals surface area (Å²) < 4.78 is 35.1. The molecule has 11 heteroatoms. The van der Waals surface area contributed by atoms with Crippen molar-refractivity contribution in [1.82, 2.24) is 24.6 Å². The summed E-state index contributed by atoms with van der Waals surface area (Å²) in [7, 11) is 0. The zero-order valence-electron chi connectivity index (χ0n) is 22.5. The number of rotatable bonds is 6. The summed E-state index contributed by atoms with van der Waals surface area (Å²) in [5.41, 5.74) is 3.00. The van der Waals surface area contributed by atoms with Gasteiger partial charge in [0.15, 0.2) is 22.8 Å². The number of hydrogen-bond donors (Lipinski definition) is 0. The van der Waals surface area contributed by atoms with Crippen molar-refractivity contribution < 1.29 is 18.6 Å². The third kappa shape index (κ3) is 4.78. The third-order valence-electron chi connectivity index (χ3n) is 8.29. The lowest BCUT2D eigenvalue weighted by atomic mass is 9.88. The first-order chi connectivity index (χ1) is 19.9. The minimum Gasteiger partial charge on any atom is -0.444 e. The number of para-hydroxylation sites is 1. The molecule has 0 radical (unpaired) electrons. The van der Waals surface area contributed by atoms with E-state index < -0.39 is 11.6 Å². The zero-order chi connectivity index (χ0) is 28.1. The Morgan fingerprint density at radius 2 is 1.95 bits per heavy atom. The number of nitriles is 1. The highest BCUT2D eigenvalue weighted by atomic mass is 35.5. The van der Waals surface area contributed by atoms with Gasteiger partial charge in [-0.15, -0.1) is 10.2 Å². The Bertz CT molecular complexity index is 1680. The van der Waals surface area contributed by atoms with Gasteiger partial charge in [-0.25, -0.2) is 9.37 Å². The first-order valence-electron chi connectivity index (χ1n) is 13.8. The van der Waals surface area contributed by atoms with Gasteiger partial charge >= 0.3 is 0 Å². The van der Waals surface area contributed by atoms with Gasteiger partial charge in [-0.2, -0.15) is 5.26 Å². The van der Waals surface area contributed by atoms with Crippen LogP contribution < -0.4 is 9.47 Å². The van der Waals surface area contributed by atoms with Crippen LogP contribution in [0.1, 0.15) is 54.7 Å². The fraction of sp³-hybridized carbons (Fsp3) is 0.400. The Balaban J connectivity index is 1.08. The monoisotopic (exact) mass is 574 g/mol. The quantitative estimate of drug-likeness (QED) is 0.306. The van der Waals surface area contributed by atoms with E-state index in [4.69, 9.17) is 30.8 Å². The smallest absolute Gasteiger partial charge is 0.278 e. The zero-order valence-corrected chi connectivity index (χ0v) is 23.3. The number of piperidine rings is 1. The predicted octanol–water partition coefficient (Wildman–Crippen LogP) is 5.30. The van der Waals surface area contributed by atoms with Crippen molar-refractivity contribution in [2.45, 2.75) is 57.1 Å². The van der Waals surface area contributed by atoms with Gasteiger partial charge in [0.1, 0.15) is 23.2 Å². The van der Waals surface area contributed by atoms with Gasteiger partial charge < -0.3 is 18.8 Å². The molecule has 2 saturated heterocycles. The molecular formula is C30H28ClFN6O3. The molecule has 210 valence electrons. The van der Waals surface area contributed by atoms with E-state index >= 15 is 0 Å². The molecule has 0 aliphatic carbocycles. The lowest BCUT2D eigenvalue weighted by Gasteiger charge is -2.33. The number of benzene rings is 2. The lowest BCUT2D eigenvalue weighted by Crippen LogP contribution is -2.35. The fourth-order valence-corrected chi connectivity index (χ4v) is 6.17. The van der Waals surface area contributed by atoms with Crippen LogP contribution in [0.15, 0.2) is 42.5 Å². The van der Waals surface area contributed by atoms with Crippen molar-refractivity contribution in [1.29, 1.82) is 5.26 Å². The van der Waals surface area contributed by atoms with E-state index in [1.807, 2.05) is 18.2 Å². The highest BCUT2D eigenvalue weighted by molar-refractivity contribution is 6.30. The fourth-order valence-electron chi connectivity index (χ4n) is 6.01. The highest BCUT2D eigenvalue weighted by Crippen LogP contribution is 2.49. The van der Waals surface area contributed by atoms with Gasteiger partial charge in [-0.05, 0) is 62.5 Å². The highest BCUT2D eigenvalue weighted by Gasteiger charge is 2.43. The molecule has 3 aliphatic heterocycles. The van der Waals surface area contributed by atoms with Crippen LogP contribution in [0.3, 0.4) is 0 Å². The van der Waals surface area contributed by atoms with Crippen LogP contribution in [0, 0.1) is 17.1 Å². The second-order valence-corrected chi connectivity index (χ2v) is 11.4. The summed E-state index contributed by atoms with van der Waals surface area (Å²) in [5.74, 6) is 0.728. The Hall–Kier alpha value is -3.78. The molecule has 0 amide bonds. The molecule has 3 aliphatic rings. The SMILES string of the molecule is CC1(c2ccc(Cl)cc2F)Oc2cccc(C3CCN(Cc4nc5cc(C#N)nnc5n4CC4CCO4)CC3)c2O1. The molecule has 2 aromatic carbocycles. The molecule has 4 aromatic rings. The molecule has 0 bridgehead atoms. The maximum absolute atomic E-state index is 14.8. The van der Waals surface area contributed by atoms with E-state index in [2.05, 4.69) is 25.7 Å².